The quantitative estimate of drug-likeness (QED) is 0.660. The molecular weight excluding hydrogens is 332 g/mol. The molecule has 0 bridgehead atoms. The lowest BCUT2D eigenvalue weighted by Crippen LogP contribution is -1.96. The van der Waals surface area contributed by atoms with E-state index >= 15 is 0 Å². The fourth-order valence-corrected chi connectivity index (χ4v) is 3.12. The van der Waals surface area contributed by atoms with Crippen molar-refractivity contribution >= 4 is 38.9 Å². The summed E-state index contributed by atoms with van der Waals surface area (Å²) in [5, 5.41) is 0. The van der Waals surface area contributed by atoms with Crippen molar-refractivity contribution in [2.75, 3.05) is 0 Å². The molecular formula is C14H14BrClOS. The third-order valence-corrected chi connectivity index (χ3v) is 4.59. The van der Waals surface area contributed by atoms with Gasteiger partial charge in [0.15, 0.2) is 0 Å². The molecule has 18 heavy (non-hydrogen) atoms. The predicted molar refractivity (Wildman–Crippen MR) is 81.7 cm³/mol. The average Bonchev–Trinajstić information content (AvgIpc) is 2.85. The van der Waals surface area contributed by atoms with E-state index in [1.165, 1.54) is 9.75 Å². The van der Waals surface area contributed by atoms with Crippen molar-refractivity contribution in [2.24, 2.45) is 0 Å². The maximum Gasteiger partial charge on any atom is 0.124 e. The first-order valence-corrected chi connectivity index (χ1v) is 7.92. The Morgan fingerprint density at radius 1 is 1.22 bits per heavy atom. The molecule has 0 saturated heterocycles. The van der Waals surface area contributed by atoms with E-state index in [0.717, 1.165) is 22.2 Å². The summed E-state index contributed by atoms with van der Waals surface area (Å²) in [6, 6.07) is 10.2. The van der Waals surface area contributed by atoms with Gasteiger partial charge in [0.05, 0.1) is 5.88 Å². The molecule has 0 aliphatic carbocycles. The van der Waals surface area contributed by atoms with Gasteiger partial charge in [-0.1, -0.05) is 22.9 Å². The van der Waals surface area contributed by atoms with Gasteiger partial charge in [-0.25, -0.2) is 0 Å². The van der Waals surface area contributed by atoms with Crippen LogP contribution in [0.15, 0.2) is 34.8 Å². The molecule has 2 aromatic rings. The van der Waals surface area contributed by atoms with Crippen molar-refractivity contribution in [1.82, 2.24) is 0 Å². The van der Waals surface area contributed by atoms with E-state index in [0.29, 0.717) is 12.5 Å². The van der Waals surface area contributed by atoms with Crippen LogP contribution in [0.3, 0.4) is 0 Å². The van der Waals surface area contributed by atoms with Crippen LogP contribution < -0.4 is 4.74 Å². The van der Waals surface area contributed by atoms with Gasteiger partial charge in [0, 0.05) is 19.8 Å². The molecule has 1 nitrogen and oxygen atoms in total. The molecule has 0 spiro atoms. The Morgan fingerprint density at radius 3 is 2.67 bits per heavy atom. The number of alkyl halides is 1. The molecule has 0 radical (unpaired) electrons. The largest absolute Gasteiger partial charge is 0.488 e. The summed E-state index contributed by atoms with van der Waals surface area (Å²) < 4.78 is 6.86. The van der Waals surface area contributed by atoms with E-state index < -0.39 is 0 Å². The zero-order valence-corrected chi connectivity index (χ0v) is 13.2. The van der Waals surface area contributed by atoms with Crippen LogP contribution in [0.1, 0.15) is 22.2 Å². The van der Waals surface area contributed by atoms with Gasteiger partial charge in [0.2, 0.25) is 0 Å². The molecule has 0 saturated carbocycles. The van der Waals surface area contributed by atoms with Gasteiger partial charge in [0.1, 0.15) is 12.4 Å². The van der Waals surface area contributed by atoms with E-state index in [1.807, 2.05) is 18.2 Å². The summed E-state index contributed by atoms with van der Waals surface area (Å²) >= 11 is 11.1. The Kier molecular flexibility index (Phi) is 5.10. The fourth-order valence-electron chi connectivity index (χ4n) is 1.63. The lowest BCUT2D eigenvalue weighted by molar-refractivity contribution is 0.307. The Hall–Kier alpha value is -0.510. The highest BCUT2D eigenvalue weighted by molar-refractivity contribution is 9.10. The van der Waals surface area contributed by atoms with Crippen LogP contribution >= 0.6 is 38.9 Å². The van der Waals surface area contributed by atoms with Crippen molar-refractivity contribution < 1.29 is 4.74 Å². The number of ether oxygens (including phenoxy) is 1. The van der Waals surface area contributed by atoms with Crippen LogP contribution in [0, 0.1) is 0 Å². The van der Waals surface area contributed by atoms with E-state index in [4.69, 9.17) is 16.3 Å². The molecule has 0 aliphatic heterocycles. The molecule has 0 unspecified atom stereocenters. The molecule has 0 fully saturated rings. The highest BCUT2D eigenvalue weighted by atomic mass is 79.9. The minimum Gasteiger partial charge on any atom is -0.488 e. The van der Waals surface area contributed by atoms with Crippen LogP contribution in [-0.2, 0) is 18.9 Å². The van der Waals surface area contributed by atoms with E-state index in [1.54, 1.807) is 11.3 Å². The fraction of sp³-hybridized carbons (Fsp3) is 0.286. The highest BCUT2D eigenvalue weighted by Gasteiger charge is 2.05. The summed E-state index contributed by atoms with van der Waals surface area (Å²) in [6.45, 7) is 2.77. The topological polar surface area (TPSA) is 9.23 Å². The van der Waals surface area contributed by atoms with Gasteiger partial charge >= 0.3 is 0 Å². The first-order valence-electron chi connectivity index (χ1n) is 5.77. The summed E-state index contributed by atoms with van der Waals surface area (Å²) in [5.74, 6) is 1.32. The number of rotatable bonds is 5. The minimum absolute atomic E-state index is 0.458. The van der Waals surface area contributed by atoms with Crippen LogP contribution in [-0.4, -0.2) is 0 Å². The summed E-state index contributed by atoms with van der Waals surface area (Å²) in [5.41, 5.74) is 1.01. The molecule has 4 heteroatoms. The monoisotopic (exact) mass is 344 g/mol. The van der Waals surface area contributed by atoms with Crippen LogP contribution in [0.4, 0.5) is 0 Å². The van der Waals surface area contributed by atoms with Gasteiger partial charge in [0.25, 0.3) is 0 Å². The highest BCUT2D eigenvalue weighted by Crippen LogP contribution is 2.26. The van der Waals surface area contributed by atoms with Crippen molar-refractivity contribution in [1.29, 1.82) is 0 Å². The number of hydrogen-bond donors (Lipinski definition) is 0. The second-order valence-electron chi connectivity index (χ2n) is 3.90. The maximum atomic E-state index is 5.91. The number of benzene rings is 1. The summed E-state index contributed by atoms with van der Waals surface area (Å²) in [7, 11) is 0. The number of aryl methyl sites for hydroxylation is 1. The maximum absolute atomic E-state index is 5.91. The lowest BCUT2D eigenvalue weighted by Gasteiger charge is -2.09. The van der Waals surface area contributed by atoms with Crippen molar-refractivity contribution in [3.8, 4) is 5.75 Å². The first-order chi connectivity index (χ1) is 8.72. The molecule has 1 aromatic heterocycles. The lowest BCUT2D eigenvalue weighted by atomic mass is 10.2. The van der Waals surface area contributed by atoms with Gasteiger partial charge in [-0.2, -0.15) is 0 Å². The van der Waals surface area contributed by atoms with Crippen molar-refractivity contribution in [3.63, 3.8) is 0 Å². The average molecular weight is 346 g/mol. The van der Waals surface area contributed by atoms with E-state index in [9.17, 15) is 0 Å². The molecule has 1 aromatic carbocycles. The smallest absolute Gasteiger partial charge is 0.124 e. The van der Waals surface area contributed by atoms with Gasteiger partial charge < -0.3 is 4.74 Å². The Labute approximate surface area is 125 Å². The summed E-state index contributed by atoms with van der Waals surface area (Å²) in [4.78, 5) is 2.64. The summed E-state index contributed by atoms with van der Waals surface area (Å²) in [6.07, 6.45) is 1.08. The molecule has 0 aliphatic rings. The van der Waals surface area contributed by atoms with Crippen LogP contribution in [0.5, 0.6) is 5.75 Å². The normalized spacial score (nSPS) is 10.6. The SMILES string of the molecule is CCc1ccc(COc2ccc(Br)cc2CCl)s1. The van der Waals surface area contributed by atoms with Crippen LogP contribution in [0.2, 0.25) is 0 Å². The molecule has 96 valence electrons. The third kappa shape index (κ3) is 3.50. The predicted octanol–water partition coefficient (Wildman–Crippen LogP) is 5.39. The molecule has 0 amide bonds. The standard InChI is InChI=1S/C14H14BrClOS/c1-2-12-4-5-13(18-12)9-17-14-6-3-11(15)7-10(14)8-16/h3-7H,2,8-9H2,1H3. The van der Waals surface area contributed by atoms with Gasteiger partial charge in [-0.3, -0.25) is 0 Å². The van der Waals surface area contributed by atoms with E-state index in [-0.39, 0.29) is 0 Å². The molecule has 2 rings (SSSR count). The second-order valence-corrected chi connectivity index (χ2v) is 6.33. The van der Waals surface area contributed by atoms with Gasteiger partial charge in [-0.05, 0) is 36.8 Å². The minimum atomic E-state index is 0.458. The second kappa shape index (κ2) is 6.60. The zero-order chi connectivity index (χ0) is 13.0. The molecule has 0 atom stereocenters. The Morgan fingerprint density at radius 2 is 2.00 bits per heavy atom. The van der Waals surface area contributed by atoms with Crippen molar-refractivity contribution in [3.05, 3.63) is 50.1 Å². The molecule has 1 heterocycles. The Bertz CT molecular complexity index is 524. The number of hydrogen-bond acceptors (Lipinski definition) is 2. The van der Waals surface area contributed by atoms with Gasteiger partial charge in [-0.15, -0.1) is 22.9 Å². The Balaban J connectivity index is 2.05. The zero-order valence-electron chi connectivity index (χ0n) is 10.1. The van der Waals surface area contributed by atoms with E-state index in [2.05, 4.69) is 35.0 Å². The third-order valence-electron chi connectivity index (χ3n) is 2.60. The number of halogens is 2. The van der Waals surface area contributed by atoms with Crippen molar-refractivity contribution in [2.45, 2.75) is 25.8 Å². The molecule has 0 N–H and O–H groups in total. The number of thiophene rings is 1. The van der Waals surface area contributed by atoms with Crippen LogP contribution in [0.25, 0.3) is 0 Å². The first kappa shape index (κ1) is 13.9.